The lowest BCUT2D eigenvalue weighted by atomic mass is 9.87. The van der Waals surface area contributed by atoms with E-state index in [2.05, 4.69) is 4.98 Å². The van der Waals surface area contributed by atoms with Crippen LogP contribution in [0, 0.1) is 17.1 Å². The summed E-state index contributed by atoms with van der Waals surface area (Å²) < 4.78 is 52.9. The van der Waals surface area contributed by atoms with Gasteiger partial charge in [-0.2, -0.15) is 18.4 Å². The Labute approximate surface area is 164 Å². The molecule has 2 aromatic carbocycles. The third-order valence-electron chi connectivity index (χ3n) is 4.46. The summed E-state index contributed by atoms with van der Waals surface area (Å²) in [6, 6.07) is 14.8. The first-order chi connectivity index (χ1) is 13.8. The highest BCUT2D eigenvalue weighted by Gasteiger charge is 2.31. The van der Waals surface area contributed by atoms with Crippen LogP contribution in [0.2, 0.25) is 0 Å². The topological polar surface area (TPSA) is 53.8 Å². The molecule has 3 nitrogen and oxygen atoms in total. The number of rotatable bonds is 5. The molecule has 29 heavy (non-hydrogen) atoms. The number of benzene rings is 2. The first-order valence-corrected chi connectivity index (χ1v) is 8.60. The van der Waals surface area contributed by atoms with Crippen LogP contribution < -0.4 is 0 Å². The number of nitrogens with zero attached hydrogens (tertiary/aromatic N) is 2. The van der Waals surface area contributed by atoms with Gasteiger partial charge >= 0.3 is 6.18 Å². The molecule has 0 bridgehead atoms. The molecule has 3 aromatic rings. The van der Waals surface area contributed by atoms with Crippen molar-refractivity contribution in [2.45, 2.75) is 18.5 Å². The zero-order valence-corrected chi connectivity index (χ0v) is 14.9. The molecule has 0 unspecified atom stereocenters. The number of hydrogen-bond donors (Lipinski definition) is 0. The fraction of sp³-hybridized carbons (Fsp3) is 0.136. The molecule has 0 saturated carbocycles. The zero-order chi connectivity index (χ0) is 21.0. The van der Waals surface area contributed by atoms with E-state index in [9.17, 15) is 22.4 Å². The van der Waals surface area contributed by atoms with Crippen molar-refractivity contribution in [3.63, 3.8) is 0 Å². The predicted molar refractivity (Wildman–Crippen MR) is 97.6 cm³/mol. The Hall–Kier alpha value is -3.53. The summed E-state index contributed by atoms with van der Waals surface area (Å²) in [5.74, 6) is -1.91. The monoisotopic (exact) mass is 398 g/mol. The van der Waals surface area contributed by atoms with Crippen molar-refractivity contribution in [3.8, 4) is 6.07 Å². The Morgan fingerprint density at radius 3 is 2.41 bits per heavy atom. The minimum Gasteiger partial charge on any atom is -0.294 e. The largest absolute Gasteiger partial charge is 0.416 e. The lowest BCUT2D eigenvalue weighted by molar-refractivity contribution is -0.137. The van der Waals surface area contributed by atoms with E-state index in [0.717, 1.165) is 12.1 Å². The molecule has 0 radical (unpaired) electrons. The van der Waals surface area contributed by atoms with Crippen LogP contribution in [-0.4, -0.2) is 10.8 Å². The van der Waals surface area contributed by atoms with Crippen LogP contribution in [0.1, 0.15) is 45.1 Å². The molecule has 0 aliphatic carbocycles. The highest BCUT2D eigenvalue weighted by Crippen LogP contribution is 2.33. The van der Waals surface area contributed by atoms with Gasteiger partial charge in [-0.25, -0.2) is 4.39 Å². The Kier molecular flexibility index (Phi) is 5.74. The van der Waals surface area contributed by atoms with E-state index >= 15 is 0 Å². The summed E-state index contributed by atoms with van der Waals surface area (Å²) in [5, 5.41) is 9.00. The average molecular weight is 398 g/mol. The van der Waals surface area contributed by atoms with Crippen molar-refractivity contribution >= 4 is 5.78 Å². The van der Waals surface area contributed by atoms with Gasteiger partial charge in [0.25, 0.3) is 0 Å². The van der Waals surface area contributed by atoms with Crippen LogP contribution in [0.5, 0.6) is 0 Å². The minimum absolute atomic E-state index is 0.0305. The third-order valence-corrected chi connectivity index (χ3v) is 4.46. The number of halogens is 4. The van der Waals surface area contributed by atoms with E-state index < -0.39 is 23.5 Å². The number of carbonyl (C=O) groups is 1. The van der Waals surface area contributed by atoms with E-state index in [1.54, 1.807) is 12.1 Å². The van der Waals surface area contributed by atoms with Gasteiger partial charge in [-0.05, 0) is 42.0 Å². The molecule has 0 spiro atoms. The van der Waals surface area contributed by atoms with E-state index in [0.29, 0.717) is 11.1 Å². The van der Waals surface area contributed by atoms with Crippen LogP contribution in [0.3, 0.4) is 0 Å². The molecular formula is C22H14F4N2O. The van der Waals surface area contributed by atoms with Gasteiger partial charge in [0.1, 0.15) is 5.82 Å². The molecule has 0 saturated heterocycles. The van der Waals surface area contributed by atoms with Crippen LogP contribution in [-0.2, 0) is 6.18 Å². The number of hydrogen-bond acceptors (Lipinski definition) is 3. The normalized spacial score (nSPS) is 12.2. The summed E-state index contributed by atoms with van der Waals surface area (Å²) in [6.45, 7) is 0. The number of nitriles is 1. The van der Waals surface area contributed by atoms with Crippen LogP contribution in [0.25, 0.3) is 0 Å². The Balaban J connectivity index is 1.99. The Morgan fingerprint density at radius 1 is 1.07 bits per heavy atom. The van der Waals surface area contributed by atoms with E-state index in [1.165, 1.54) is 42.6 Å². The number of aromatic nitrogens is 1. The number of carbonyl (C=O) groups excluding carboxylic acids is 1. The SMILES string of the molecule is N#Cc1cccc(C(=O)C[C@@H](c2ccc(C(F)(F)F)cc2)c2ncccc2F)c1. The van der Waals surface area contributed by atoms with Crippen molar-refractivity contribution < 1.29 is 22.4 Å². The maximum Gasteiger partial charge on any atom is 0.416 e. The highest BCUT2D eigenvalue weighted by molar-refractivity contribution is 5.97. The molecule has 146 valence electrons. The van der Waals surface area contributed by atoms with Crippen molar-refractivity contribution in [2.24, 2.45) is 0 Å². The fourth-order valence-corrected chi connectivity index (χ4v) is 3.00. The summed E-state index contributed by atoms with van der Waals surface area (Å²) in [6.07, 6.45) is -3.36. The molecule has 3 rings (SSSR count). The van der Waals surface area contributed by atoms with Crippen LogP contribution in [0.4, 0.5) is 17.6 Å². The maximum absolute atomic E-state index is 14.4. The van der Waals surface area contributed by atoms with Crippen LogP contribution >= 0.6 is 0 Å². The molecular weight excluding hydrogens is 384 g/mol. The number of ketones is 1. The first kappa shape index (κ1) is 20.2. The summed E-state index contributed by atoms with van der Waals surface area (Å²) >= 11 is 0. The first-order valence-electron chi connectivity index (χ1n) is 8.60. The second kappa shape index (κ2) is 8.23. The van der Waals surface area contributed by atoms with E-state index in [1.807, 2.05) is 6.07 Å². The van der Waals surface area contributed by atoms with E-state index in [-0.39, 0.29) is 23.5 Å². The van der Waals surface area contributed by atoms with Gasteiger partial charge in [0.05, 0.1) is 22.9 Å². The van der Waals surface area contributed by atoms with Gasteiger partial charge in [0.2, 0.25) is 0 Å². The van der Waals surface area contributed by atoms with Gasteiger partial charge in [-0.1, -0.05) is 24.3 Å². The lowest BCUT2D eigenvalue weighted by Gasteiger charge is -2.18. The summed E-state index contributed by atoms with van der Waals surface area (Å²) in [5.41, 5.74) is 0.0234. The molecule has 1 heterocycles. The van der Waals surface area contributed by atoms with Gasteiger partial charge in [0.15, 0.2) is 5.78 Å². The van der Waals surface area contributed by atoms with E-state index in [4.69, 9.17) is 5.26 Å². The van der Waals surface area contributed by atoms with Gasteiger partial charge in [0, 0.05) is 24.1 Å². The second-order valence-electron chi connectivity index (χ2n) is 6.36. The quantitative estimate of drug-likeness (QED) is 0.420. The van der Waals surface area contributed by atoms with Gasteiger partial charge in [-0.15, -0.1) is 0 Å². The molecule has 0 amide bonds. The second-order valence-corrected chi connectivity index (χ2v) is 6.36. The summed E-state index contributed by atoms with van der Waals surface area (Å²) in [7, 11) is 0. The number of Topliss-reactive ketones (excluding diaryl/α,β-unsaturated/α-hetero) is 1. The van der Waals surface area contributed by atoms with Crippen molar-refractivity contribution in [1.29, 1.82) is 5.26 Å². The zero-order valence-electron chi connectivity index (χ0n) is 14.9. The predicted octanol–water partition coefficient (Wildman–Crippen LogP) is 5.52. The minimum atomic E-state index is -4.50. The molecule has 0 fully saturated rings. The average Bonchev–Trinajstić information content (AvgIpc) is 2.72. The van der Waals surface area contributed by atoms with Gasteiger partial charge in [-0.3, -0.25) is 9.78 Å². The molecule has 1 atom stereocenters. The van der Waals surface area contributed by atoms with Crippen LogP contribution in [0.15, 0.2) is 66.9 Å². The fourth-order valence-electron chi connectivity index (χ4n) is 3.00. The molecule has 1 aromatic heterocycles. The van der Waals surface area contributed by atoms with Gasteiger partial charge < -0.3 is 0 Å². The third kappa shape index (κ3) is 4.66. The summed E-state index contributed by atoms with van der Waals surface area (Å²) in [4.78, 5) is 16.8. The standard InChI is InChI=1S/C22H14F4N2O/c23-19-5-2-10-28-21(19)18(15-6-8-17(9-7-15)22(24,25)26)12-20(29)16-4-1-3-14(11-16)13-27/h1-11,18H,12H2/t18-/m0/s1. The smallest absolute Gasteiger partial charge is 0.294 e. The molecule has 0 aliphatic rings. The molecule has 0 N–H and O–H groups in total. The lowest BCUT2D eigenvalue weighted by Crippen LogP contribution is -2.13. The van der Waals surface area contributed by atoms with Crippen molar-refractivity contribution in [3.05, 3.63) is 101 Å². The Morgan fingerprint density at radius 2 is 1.79 bits per heavy atom. The Bertz CT molecular complexity index is 1070. The maximum atomic E-state index is 14.4. The highest BCUT2D eigenvalue weighted by atomic mass is 19.4. The number of alkyl halides is 3. The molecule has 0 aliphatic heterocycles. The molecule has 7 heteroatoms. The van der Waals surface area contributed by atoms with Crippen molar-refractivity contribution in [2.75, 3.05) is 0 Å². The van der Waals surface area contributed by atoms with Crippen molar-refractivity contribution in [1.82, 2.24) is 4.98 Å². The number of pyridine rings is 1.